The molecular formula is C50H55FN2O9. The summed E-state index contributed by atoms with van der Waals surface area (Å²) in [6.45, 7) is 4.45. The first-order chi connectivity index (χ1) is 30.3. The van der Waals surface area contributed by atoms with Gasteiger partial charge in [-0.05, 0) is 96.7 Å². The highest BCUT2D eigenvalue weighted by Crippen LogP contribution is 2.62. The molecule has 11 nitrogen and oxygen atoms in total. The summed E-state index contributed by atoms with van der Waals surface area (Å²) in [6, 6.07) is 27.5. The van der Waals surface area contributed by atoms with Crippen LogP contribution in [0.4, 0.5) is 9.18 Å². The molecule has 1 aliphatic heterocycles. The predicted molar refractivity (Wildman–Crippen MR) is 232 cm³/mol. The Hall–Kier alpha value is -5.82. The van der Waals surface area contributed by atoms with Gasteiger partial charge < -0.3 is 34.0 Å². The average molecular weight is 847 g/mol. The number of aliphatic hydroxyl groups is 2. The third-order valence-electron chi connectivity index (χ3n) is 12.2. The van der Waals surface area contributed by atoms with Gasteiger partial charge in [0.15, 0.2) is 0 Å². The minimum absolute atomic E-state index is 0.0141. The number of hydrogen-bond acceptors (Lipinski definition) is 10. The molecule has 1 fully saturated rings. The van der Waals surface area contributed by atoms with Crippen molar-refractivity contribution in [2.24, 2.45) is 22.9 Å². The number of ether oxygens (including phenoxy) is 4. The maximum Gasteiger partial charge on any atom is 0.410 e. The van der Waals surface area contributed by atoms with Crippen molar-refractivity contribution in [1.29, 1.82) is 0 Å². The van der Waals surface area contributed by atoms with Gasteiger partial charge in [-0.2, -0.15) is 0 Å². The Labute approximate surface area is 362 Å². The molecule has 0 bridgehead atoms. The second-order valence-corrected chi connectivity index (χ2v) is 16.0. The number of aliphatic hydroxyl groups excluding tert-OH is 2. The standard InChI is InChI=1S/C50H55FN2O9/c1-3-26-59-50-46(53(49(57)58-2)31-34-18-20-38(51)21-19-34)30-44(52-60-33-35-12-5-4-6-13-35)42-28-37(15-7-9-24-54)41(17-8-10-25-55)47(48(42)50)43-29-40(22-23-45(43)62-50)61-39-16-11-14-36(27-39)32-56/h3-6,11-14,16,18-23,27-29,32,37,41,46-48,54-55H,1,7-10,15,17,24-26,30-31,33H2,2H3/t37-,41+,46-,47+,48+,50+/m0/s1. The summed E-state index contributed by atoms with van der Waals surface area (Å²) in [5.74, 6) is -1.24. The molecule has 2 aliphatic carbocycles. The Morgan fingerprint density at radius 3 is 2.42 bits per heavy atom. The van der Waals surface area contributed by atoms with Crippen LogP contribution in [0.15, 0.2) is 127 Å². The largest absolute Gasteiger partial charge is 0.459 e. The van der Waals surface area contributed by atoms with E-state index in [9.17, 15) is 24.2 Å². The number of unbranched alkanes of at least 4 members (excludes halogenated alkanes) is 2. The average Bonchev–Trinajstić information content (AvgIpc) is 3.30. The number of benzene rings is 4. The van der Waals surface area contributed by atoms with Crippen LogP contribution in [0, 0.1) is 23.6 Å². The molecule has 0 aromatic heterocycles. The fraction of sp³-hybridized carbons (Fsp3) is 0.380. The quantitative estimate of drug-likeness (QED) is 0.0386. The summed E-state index contributed by atoms with van der Waals surface area (Å²) in [4.78, 5) is 33.6. The number of nitrogens with zero attached hydrogens (tertiary/aromatic N) is 2. The maximum atomic E-state index is 14.2. The van der Waals surface area contributed by atoms with Crippen LogP contribution >= 0.6 is 0 Å². The van der Waals surface area contributed by atoms with E-state index in [1.807, 2.05) is 48.5 Å². The highest BCUT2D eigenvalue weighted by Gasteiger charge is 2.65. The Morgan fingerprint density at radius 1 is 0.935 bits per heavy atom. The molecule has 1 saturated carbocycles. The van der Waals surface area contributed by atoms with Crippen molar-refractivity contribution in [3.8, 4) is 17.2 Å². The SMILES string of the molecule is C=CCO[C@@]12Oc3ccc(Oc4cccc(C=O)c4)cc3[C@H]3[C@H](CCCCO)[C@@H](CCCCO)C=C(C(=NOCc4ccccc4)C[C@@H]1N(Cc1ccc(F)cc1)C(=O)OC)[C@H]32. The van der Waals surface area contributed by atoms with Crippen LogP contribution in [-0.2, 0) is 27.5 Å². The van der Waals surface area contributed by atoms with Crippen LogP contribution in [0.5, 0.6) is 17.2 Å². The van der Waals surface area contributed by atoms with Crippen molar-refractivity contribution < 1.29 is 48.0 Å². The Morgan fingerprint density at radius 2 is 1.69 bits per heavy atom. The summed E-state index contributed by atoms with van der Waals surface area (Å²) >= 11 is 0. The molecular weight excluding hydrogens is 792 g/mol. The van der Waals surface area contributed by atoms with Crippen LogP contribution in [0.2, 0.25) is 0 Å². The van der Waals surface area contributed by atoms with Crippen molar-refractivity contribution in [3.05, 3.63) is 149 Å². The van der Waals surface area contributed by atoms with Crippen LogP contribution in [0.1, 0.15) is 77.9 Å². The summed E-state index contributed by atoms with van der Waals surface area (Å²) in [5, 5.41) is 24.7. The van der Waals surface area contributed by atoms with Gasteiger partial charge in [0.2, 0.25) is 5.79 Å². The van der Waals surface area contributed by atoms with E-state index in [0.29, 0.717) is 46.9 Å². The molecule has 4 aromatic rings. The molecule has 6 atom stereocenters. The van der Waals surface area contributed by atoms with Crippen LogP contribution in [-0.4, -0.2) is 72.0 Å². The lowest BCUT2D eigenvalue weighted by molar-refractivity contribution is -0.256. The number of carbonyl (C=O) groups excluding carboxylic acids is 2. The van der Waals surface area contributed by atoms with Crippen LogP contribution < -0.4 is 9.47 Å². The summed E-state index contributed by atoms with van der Waals surface area (Å²) in [6.07, 6.45) is 8.53. The number of aldehydes is 1. The van der Waals surface area contributed by atoms with Gasteiger partial charge in [0.05, 0.1) is 25.3 Å². The smallest absolute Gasteiger partial charge is 0.410 e. The second kappa shape index (κ2) is 20.8. The zero-order chi connectivity index (χ0) is 43.5. The fourth-order valence-electron chi connectivity index (χ4n) is 9.46. The van der Waals surface area contributed by atoms with E-state index >= 15 is 0 Å². The second-order valence-electron chi connectivity index (χ2n) is 16.0. The number of carbonyl (C=O) groups is 2. The number of methoxy groups -OCH3 is 1. The van der Waals surface area contributed by atoms with Gasteiger partial charge in [0, 0.05) is 43.2 Å². The van der Waals surface area contributed by atoms with Gasteiger partial charge in [0.25, 0.3) is 0 Å². The van der Waals surface area contributed by atoms with E-state index in [0.717, 1.165) is 48.7 Å². The van der Waals surface area contributed by atoms with E-state index in [-0.39, 0.29) is 57.1 Å². The van der Waals surface area contributed by atoms with E-state index in [2.05, 4.69) is 12.7 Å². The van der Waals surface area contributed by atoms with Gasteiger partial charge in [-0.15, -0.1) is 6.58 Å². The molecule has 1 amide bonds. The molecule has 62 heavy (non-hydrogen) atoms. The topological polar surface area (TPSA) is 136 Å². The van der Waals surface area contributed by atoms with Gasteiger partial charge >= 0.3 is 6.09 Å². The van der Waals surface area contributed by atoms with Gasteiger partial charge in [-0.25, -0.2) is 9.18 Å². The first-order valence-electron chi connectivity index (χ1n) is 21.4. The first-order valence-corrected chi connectivity index (χ1v) is 21.4. The Bertz CT molecular complexity index is 2210. The van der Waals surface area contributed by atoms with E-state index in [1.54, 1.807) is 47.4 Å². The zero-order valence-electron chi connectivity index (χ0n) is 35.1. The molecule has 0 spiro atoms. The molecule has 0 unspecified atom stereocenters. The normalized spacial score (nSPS) is 22.9. The van der Waals surface area contributed by atoms with Crippen LogP contribution in [0.25, 0.3) is 0 Å². The zero-order valence-corrected chi connectivity index (χ0v) is 35.1. The number of hydrogen-bond donors (Lipinski definition) is 2. The Balaban J connectivity index is 1.45. The third kappa shape index (κ3) is 9.78. The highest BCUT2D eigenvalue weighted by atomic mass is 19.1. The number of amides is 1. The lowest BCUT2D eigenvalue weighted by Gasteiger charge is -2.59. The van der Waals surface area contributed by atoms with Crippen LogP contribution in [0.3, 0.4) is 0 Å². The summed E-state index contributed by atoms with van der Waals surface area (Å²) in [5.41, 5.74) is 4.45. The number of rotatable bonds is 20. The summed E-state index contributed by atoms with van der Waals surface area (Å²) in [7, 11) is 1.32. The number of halogens is 1. The van der Waals surface area contributed by atoms with Gasteiger partial charge in [-0.3, -0.25) is 9.69 Å². The Kier molecular flexibility index (Phi) is 14.9. The molecule has 0 saturated heterocycles. The fourth-order valence-corrected chi connectivity index (χ4v) is 9.46. The maximum absolute atomic E-state index is 14.2. The molecule has 12 heteroatoms. The van der Waals surface area contributed by atoms with Crippen molar-refractivity contribution in [3.63, 3.8) is 0 Å². The van der Waals surface area contributed by atoms with E-state index < -0.39 is 29.7 Å². The minimum Gasteiger partial charge on any atom is -0.459 e. The lowest BCUT2D eigenvalue weighted by atomic mass is 9.55. The van der Waals surface area contributed by atoms with E-state index in [1.165, 1.54) is 19.2 Å². The molecule has 3 aliphatic rings. The first kappa shape index (κ1) is 44.2. The molecule has 7 rings (SSSR count). The summed E-state index contributed by atoms with van der Waals surface area (Å²) < 4.78 is 40.4. The van der Waals surface area contributed by atoms with Crippen molar-refractivity contribution >= 4 is 18.1 Å². The number of fused-ring (bicyclic) bond motifs is 2. The van der Waals surface area contributed by atoms with Crippen molar-refractivity contribution in [2.45, 2.75) is 75.8 Å². The predicted octanol–water partition coefficient (Wildman–Crippen LogP) is 9.53. The highest BCUT2D eigenvalue weighted by molar-refractivity contribution is 6.03. The van der Waals surface area contributed by atoms with Crippen molar-refractivity contribution in [2.75, 3.05) is 26.9 Å². The van der Waals surface area contributed by atoms with Crippen molar-refractivity contribution in [1.82, 2.24) is 4.90 Å². The molecule has 326 valence electrons. The third-order valence-corrected chi connectivity index (χ3v) is 12.2. The molecule has 2 N–H and O–H groups in total. The molecule has 0 radical (unpaired) electrons. The van der Waals surface area contributed by atoms with E-state index in [4.69, 9.17) is 28.9 Å². The number of oxime groups is 1. The minimum atomic E-state index is -1.53. The molecule has 1 heterocycles. The van der Waals surface area contributed by atoms with Gasteiger partial charge in [-0.1, -0.05) is 84.7 Å². The van der Waals surface area contributed by atoms with Gasteiger partial charge in [0.1, 0.15) is 42.0 Å². The monoisotopic (exact) mass is 846 g/mol. The lowest BCUT2D eigenvalue weighted by Crippen LogP contribution is -2.70. The molecule has 4 aromatic carbocycles. The number of allylic oxidation sites excluding steroid dienone is 1.